The molecule has 0 radical (unpaired) electrons. The predicted octanol–water partition coefficient (Wildman–Crippen LogP) is 3.44. The van der Waals surface area contributed by atoms with E-state index in [9.17, 15) is 15.0 Å². The monoisotopic (exact) mass is 361 g/mol. The number of nitrogens with zero attached hydrogens (tertiary/aromatic N) is 1. The van der Waals surface area contributed by atoms with Gasteiger partial charge in [-0.1, -0.05) is 27.2 Å². The number of hydrogen-bond donors (Lipinski definition) is 2. The summed E-state index contributed by atoms with van der Waals surface area (Å²) in [6.45, 7) is 7.94. The van der Waals surface area contributed by atoms with Gasteiger partial charge in [-0.25, -0.2) is 0 Å². The molecule has 1 aliphatic carbocycles. The fourth-order valence-electron chi connectivity index (χ4n) is 4.47. The highest BCUT2D eigenvalue weighted by atomic mass is 16.5. The Labute approximate surface area is 156 Å². The first kappa shape index (κ1) is 19.0. The van der Waals surface area contributed by atoms with Crippen molar-refractivity contribution in [1.82, 2.24) is 4.90 Å². The Balaban J connectivity index is 1.75. The molecule has 5 heteroatoms. The van der Waals surface area contributed by atoms with Crippen LogP contribution in [0.2, 0.25) is 0 Å². The maximum atomic E-state index is 13.0. The van der Waals surface area contributed by atoms with Gasteiger partial charge in [-0.2, -0.15) is 0 Å². The fraction of sp³-hybridized carbons (Fsp3) is 0.667. The molecule has 1 saturated carbocycles. The summed E-state index contributed by atoms with van der Waals surface area (Å²) in [7, 11) is 0. The number of ether oxygens (including phenoxy) is 1. The van der Waals surface area contributed by atoms with Crippen LogP contribution >= 0.6 is 0 Å². The van der Waals surface area contributed by atoms with E-state index in [0.717, 1.165) is 25.7 Å². The second-order valence-corrected chi connectivity index (χ2v) is 8.35. The van der Waals surface area contributed by atoms with Crippen molar-refractivity contribution in [2.24, 2.45) is 17.8 Å². The lowest BCUT2D eigenvalue weighted by Crippen LogP contribution is -2.44. The van der Waals surface area contributed by atoms with E-state index < -0.39 is 5.60 Å². The van der Waals surface area contributed by atoms with Crippen LogP contribution in [0.1, 0.15) is 56.8 Å². The average molecular weight is 361 g/mol. The summed E-state index contributed by atoms with van der Waals surface area (Å²) in [6.07, 6.45) is 3.65. The number of benzene rings is 1. The van der Waals surface area contributed by atoms with Crippen LogP contribution in [0.5, 0.6) is 11.5 Å². The van der Waals surface area contributed by atoms with E-state index in [1.807, 2.05) is 11.8 Å². The van der Waals surface area contributed by atoms with Gasteiger partial charge in [0.05, 0.1) is 12.2 Å². The van der Waals surface area contributed by atoms with Crippen LogP contribution in [0.25, 0.3) is 0 Å². The minimum Gasteiger partial charge on any atom is -0.508 e. The topological polar surface area (TPSA) is 70.0 Å². The number of aliphatic hydroxyl groups is 1. The van der Waals surface area contributed by atoms with E-state index in [4.69, 9.17) is 4.74 Å². The maximum Gasteiger partial charge on any atom is 0.254 e. The summed E-state index contributed by atoms with van der Waals surface area (Å²) in [6, 6.07) is 4.75. The van der Waals surface area contributed by atoms with Crippen LogP contribution in [0.4, 0.5) is 0 Å². The number of carbonyl (C=O) groups excluding carboxylic acids is 1. The zero-order valence-electron chi connectivity index (χ0n) is 16.1. The Bertz CT molecular complexity index is 659. The number of hydrogen-bond acceptors (Lipinski definition) is 4. The highest BCUT2D eigenvalue weighted by molar-refractivity contribution is 5.95. The molecular weight excluding hydrogens is 330 g/mol. The first-order chi connectivity index (χ1) is 12.3. The second kappa shape index (κ2) is 7.47. The van der Waals surface area contributed by atoms with Gasteiger partial charge in [-0.05, 0) is 43.2 Å². The predicted molar refractivity (Wildman–Crippen MR) is 100 cm³/mol. The normalized spacial score (nSPS) is 28.3. The average Bonchev–Trinajstić information content (AvgIpc) is 3.05. The molecule has 1 aromatic carbocycles. The first-order valence-electron chi connectivity index (χ1n) is 9.81. The van der Waals surface area contributed by atoms with E-state index >= 15 is 0 Å². The standard InChI is InChI=1S/C21H31NO4/c1-4-21(25)7-5-6-15-11-22(12-19(15)21)20(24)16-8-17(23)10-18(9-16)26-13-14(2)3/h8-10,14-15,19,23,25H,4-7,11-13H2,1-3H3/t15-,19+,21-/m0/s1. The highest BCUT2D eigenvalue weighted by Gasteiger charge is 2.48. The molecule has 26 heavy (non-hydrogen) atoms. The molecule has 1 aliphatic heterocycles. The molecule has 0 bridgehead atoms. The van der Waals surface area contributed by atoms with Gasteiger partial charge < -0.3 is 19.8 Å². The largest absolute Gasteiger partial charge is 0.508 e. The number of fused-ring (bicyclic) bond motifs is 1. The number of phenolic OH excluding ortho intramolecular Hbond substituents is 1. The Hall–Kier alpha value is -1.75. The van der Waals surface area contributed by atoms with Crippen molar-refractivity contribution in [3.05, 3.63) is 23.8 Å². The summed E-state index contributed by atoms with van der Waals surface area (Å²) in [4.78, 5) is 14.8. The van der Waals surface area contributed by atoms with Gasteiger partial charge in [0.2, 0.25) is 0 Å². The van der Waals surface area contributed by atoms with Gasteiger partial charge in [0.15, 0.2) is 0 Å². The van der Waals surface area contributed by atoms with Gasteiger partial charge in [-0.3, -0.25) is 4.79 Å². The quantitative estimate of drug-likeness (QED) is 0.843. The number of amides is 1. The van der Waals surface area contributed by atoms with Gasteiger partial charge in [-0.15, -0.1) is 0 Å². The Morgan fingerprint density at radius 1 is 1.35 bits per heavy atom. The van der Waals surface area contributed by atoms with Crippen molar-refractivity contribution in [3.8, 4) is 11.5 Å². The van der Waals surface area contributed by atoms with Gasteiger partial charge in [0.25, 0.3) is 5.91 Å². The molecule has 5 nitrogen and oxygen atoms in total. The van der Waals surface area contributed by atoms with Gasteiger partial charge in [0, 0.05) is 30.6 Å². The summed E-state index contributed by atoms with van der Waals surface area (Å²) >= 11 is 0. The van der Waals surface area contributed by atoms with Crippen LogP contribution < -0.4 is 4.74 Å². The number of aromatic hydroxyl groups is 1. The molecule has 0 unspecified atom stereocenters. The van der Waals surface area contributed by atoms with Gasteiger partial charge >= 0.3 is 0 Å². The molecule has 2 aliphatic rings. The van der Waals surface area contributed by atoms with E-state index in [2.05, 4.69) is 13.8 Å². The minimum absolute atomic E-state index is 0.0382. The third-order valence-electron chi connectivity index (χ3n) is 5.94. The molecule has 3 rings (SSSR count). The van der Waals surface area contributed by atoms with Crippen molar-refractivity contribution >= 4 is 5.91 Å². The van der Waals surface area contributed by atoms with Crippen molar-refractivity contribution in [2.45, 2.75) is 52.1 Å². The zero-order chi connectivity index (χ0) is 18.9. The summed E-state index contributed by atoms with van der Waals surface area (Å²) in [5.41, 5.74) is -0.204. The fourth-order valence-corrected chi connectivity index (χ4v) is 4.47. The number of rotatable bonds is 5. The third kappa shape index (κ3) is 3.83. The molecule has 0 aromatic heterocycles. The van der Waals surface area contributed by atoms with Crippen molar-refractivity contribution < 1.29 is 19.7 Å². The third-order valence-corrected chi connectivity index (χ3v) is 5.94. The molecule has 1 aromatic rings. The molecule has 0 spiro atoms. The van der Waals surface area contributed by atoms with E-state index in [1.165, 1.54) is 6.07 Å². The van der Waals surface area contributed by atoms with Gasteiger partial charge in [0.1, 0.15) is 11.5 Å². The molecule has 1 heterocycles. The number of phenols is 1. The van der Waals surface area contributed by atoms with Crippen molar-refractivity contribution in [1.29, 1.82) is 0 Å². The smallest absolute Gasteiger partial charge is 0.254 e. The van der Waals surface area contributed by atoms with Crippen LogP contribution in [0.15, 0.2) is 18.2 Å². The van der Waals surface area contributed by atoms with Crippen LogP contribution in [0.3, 0.4) is 0 Å². The first-order valence-corrected chi connectivity index (χ1v) is 9.81. The van der Waals surface area contributed by atoms with Crippen molar-refractivity contribution in [3.63, 3.8) is 0 Å². The summed E-state index contributed by atoms with van der Waals surface area (Å²) in [5.74, 6) is 1.35. The molecular formula is C21H31NO4. The summed E-state index contributed by atoms with van der Waals surface area (Å²) < 4.78 is 5.68. The molecule has 3 atom stereocenters. The van der Waals surface area contributed by atoms with Crippen LogP contribution in [0, 0.1) is 17.8 Å². The Morgan fingerprint density at radius 2 is 2.12 bits per heavy atom. The minimum atomic E-state index is -0.650. The highest BCUT2D eigenvalue weighted by Crippen LogP contribution is 2.44. The van der Waals surface area contributed by atoms with E-state index in [1.54, 1.807) is 12.1 Å². The maximum absolute atomic E-state index is 13.0. The molecule has 1 amide bonds. The van der Waals surface area contributed by atoms with E-state index in [0.29, 0.717) is 42.8 Å². The van der Waals surface area contributed by atoms with Crippen LogP contribution in [-0.4, -0.2) is 46.3 Å². The molecule has 2 fully saturated rings. The Kier molecular flexibility index (Phi) is 5.47. The Morgan fingerprint density at radius 3 is 2.81 bits per heavy atom. The molecule has 1 saturated heterocycles. The SMILES string of the molecule is CC[C@]1(O)CCC[C@H]2CN(C(=O)c3cc(O)cc(OCC(C)C)c3)C[C@H]21. The van der Waals surface area contributed by atoms with E-state index in [-0.39, 0.29) is 17.6 Å². The number of likely N-dealkylation sites (tertiary alicyclic amines) is 1. The van der Waals surface area contributed by atoms with Crippen LogP contribution in [-0.2, 0) is 0 Å². The lowest BCUT2D eigenvalue weighted by atomic mass is 9.69. The number of carbonyl (C=O) groups is 1. The molecule has 2 N–H and O–H groups in total. The second-order valence-electron chi connectivity index (χ2n) is 8.35. The van der Waals surface area contributed by atoms with Crippen molar-refractivity contribution in [2.75, 3.05) is 19.7 Å². The summed E-state index contributed by atoms with van der Waals surface area (Å²) in [5, 5.41) is 20.9. The zero-order valence-corrected chi connectivity index (χ0v) is 16.1. The lowest BCUT2D eigenvalue weighted by Gasteiger charge is -2.40. The molecule has 144 valence electrons. The lowest BCUT2D eigenvalue weighted by molar-refractivity contribution is -0.0609.